The number of amides is 1. The van der Waals surface area contributed by atoms with Crippen LogP contribution in [0, 0.1) is 5.82 Å². The van der Waals surface area contributed by atoms with Gasteiger partial charge in [0.05, 0.1) is 18.7 Å². The van der Waals surface area contributed by atoms with E-state index in [2.05, 4.69) is 25.7 Å². The Balaban J connectivity index is 0.00000676. The fraction of sp³-hybridized carbons (Fsp3) is 0.529. The third-order valence-corrected chi connectivity index (χ3v) is 2.96. The van der Waals surface area contributed by atoms with Crippen LogP contribution < -0.4 is 20.7 Å². The number of halogens is 4. The molecular formula is C17H26F3IN4O2. The van der Waals surface area contributed by atoms with E-state index in [4.69, 9.17) is 0 Å². The van der Waals surface area contributed by atoms with Crippen molar-refractivity contribution in [2.24, 2.45) is 4.99 Å². The van der Waals surface area contributed by atoms with E-state index in [1.807, 2.05) is 27.7 Å². The number of nitrogens with zero attached hydrogens (tertiary/aromatic N) is 1. The molecular weight excluding hydrogens is 476 g/mol. The summed E-state index contributed by atoms with van der Waals surface area (Å²) in [6, 6.07) is 3.66. The maximum Gasteiger partial charge on any atom is 0.387 e. The Bertz CT molecular complexity index is 637. The lowest BCUT2D eigenvalue weighted by Gasteiger charge is -2.21. The Hall–Kier alpha value is -1.72. The SMILES string of the molecule is CCNC(=NCc1c(F)cccc1OC(F)F)NCC(=O)NC(C)(C)C.I. The highest BCUT2D eigenvalue weighted by Crippen LogP contribution is 2.24. The van der Waals surface area contributed by atoms with Gasteiger partial charge in [-0.1, -0.05) is 6.07 Å². The number of hydrogen-bond donors (Lipinski definition) is 3. The number of ether oxygens (including phenoxy) is 1. The average Bonchev–Trinajstić information content (AvgIpc) is 2.49. The van der Waals surface area contributed by atoms with Gasteiger partial charge in [0.25, 0.3) is 0 Å². The molecule has 0 saturated heterocycles. The smallest absolute Gasteiger partial charge is 0.387 e. The predicted octanol–water partition coefficient (Wildman–Crippen LogP) is 3.01. The van der Waals surface area contributed by atoms with Crippen LogP contribution in [0.2, 0.25) is 0 Å². The molecule has 0 atom stereocenters. The van der Waals surface area contributed by atoms with E-state index in [9.17, 15) is 18.0 Å². The van der Waals surface area contributed by atoms with Crippen LogP contribution in [-0.2, 0) is 11.3 Å². The highest BCUT2D eigenvalue weighted by Gasteiger charge is 2.15. The Labute approximate surface area is 174 Å². The Morgan fingerprint density at radius 2 is 1.93 bits per heavy atom. The highest BCUT2D eigenvalue weighted by atomic mass is 127. The number of nitrogens with one attached hydrogen (secondary N) is 3. The molecule has 3 N–H and O–H groups in total. The molecule has 0 aromatic heterocycles. The Morgan fingerprint density at radius 3 is 2.48 bits per heavy atom. The molecule has 1 amide bonds. The molecule has 0 aliphatic carbocycles. The molecule has 27 heavy (non-hydrogen) atoms. The zero-order chi connectivity index (χ0) is 19.7. The van der Waals surface area contributed by atoms with E-state index in [0.717, 1.165) is 6.07 Å². The molecule has 0 radical (unpaired) electrons. The maximum absolute atomic E-state index is 13.9. The quantitative estimate of drug-likeness (QED) is 0.305. The van der Waals surface area contributed by atoms with Crippen LogP contribution in [0.4, 0.5) is 13.2 Å². The molecule has 0 fully saturated rings. The molecule has 154 valence electrons. The average molecular weight is 502 g/mol. The third kappa shape index (κ3) is 10.3. The standard InChI is InChI=1S/C17H25F3N4O2.HI/c1-5-21-16(23-10-14(25)24-17(2,3)4)22-9-11-12(18)7-6-8-13(11)26-15(19)20;/h6-8,15H,5,9-10H2,1-4H3,(H,24,25)(H2,21,22,23);1H. The molecule has 10 heteroatoms. The fourth-order valence-electron chi connectivity index (χ4n) is 2.03. The first-order valence-electron chi connectivity index (χ1n) is 8.17. The van der Waals surface area contributed by atoms with Gasteiger partial charge in [-0.2, -0.15) is 8.78 Å². The van der Waals surface area contributed by atoms with Gasteiger partial charge in [-0.05, 0) is 39.8 Å². The minimum Gasteiger partial charge on any atom is -0.434 e. The van der Waals surface area contributed by atoms with Crippen molar-refractivity contribution in [3.05, 3.63) is 29.6 Å². The molecule has 1 aromatic rings. The van der Waals surface area contributed by atoms with Gasteiger partial charge in [0.1, 0.15) is 11.6 Å². The summed E-state index contributed by atoms with van der Waals surface area (Å²) >= 11 is 0. The number of guanidine groups is 1. The summed E-state index contributed by atoms with van der Waals surface area (Å²) in [4.78, 5) is 16.0. The molecule has 0 saturated carbocycles. The number of aliphatic imine (C=N–C) groups is 1. The monoisotopic (exact) mass is 502 g/mol. The molecule has 0 bridgehead atoms. The van der Waals surface area contributed by atoms with E-state index in [-0.39, 0.29) is 65.8 Å². The molecule has 0 unspecified atom stereocenters. The molecule has 0 spiro atoms. The van der Waals surface area contributed by atoms with Crippen LogP contribution in [0.5, 0.6) is 5.75 Å². The van der Waals surface area contributed by atoms with Crippen LogP contribution in [0.15, 0.2) is 23.2 Å². The van der Waals surface area contributed by atoms with Gasteiger partial charge in [0.15, 0.2) is 5.96 Å². The Kier molecular flexibility index (Phi) is 11.1. The van der Waals surface area contributed by atoms with E-state index >= 15 is 0 Å². The molecule has 0 aliphatic heterocycles. The van der Waals surface area contributed by atoms with Crippen LogP contribution in [0.25, 0.3) is 0 Å². The van der Waals surface area contributed by atoms with Gasteiger partial charge in [-0.3, -0.25) is 4.79 Å². The summed E-state index contributed by atoms with van der Waals surface area (Å²) in [5, 5.41) is 8.49. The summed E-state index contributed by atoms with van der Waals surface area (Å²) in [7, 11) is 0. The van der Waals surface area contributed by atoms with Crippen molar-refractivity contribution in [2.75, 3.05) is 13.1 Å². The molecule has 6 nitrogen and oxygen atoms in total. The minimum atomic E-state index is -3.06. The van der Waals surface area contributed by atoms with Crippen molar-refractivity contribution in [1.82, 2.24) is 16.0 Å². The first-order chi connectivity index (χ1) is 12.1. The zero-order valence-electron chi connectivity index (χ0n) is 15.7. The van der Waals surface area contributed by atoms with Crippen LogP contribution >= 0.6 is 24.0 Å². The Morgan fingerprint density at radius 1 is 1.26 bits per heavy atom. The second-order valence-electron chi connectivity index (χ2n) is 6.44. The summed E-state index contributed by atoms with van der Waals surface area (Å²) in [5.74, 6) is -0.961. The van der Waals surface area contributed by atoms with Crippen molar-refractivity contribution in [3.63, 3.8) is 0 Å². The van der Waals surface area contributed by atoms with E-state index in [0.29, 0.717) is 6.54 Å². The summed E-state index contributed by atoms with van der Waals surface area (Å²) in [5.41, 5.74) is -0.465. The fourth-order valence-corrected chi connectivity index (χ4v) is 2.03. The van der Waals surface area contributed by atoms with Crippen LogP contribution in [0.3, 0.4) is 0 Å². The maximum atomic E-state index is 13.9. The predicted molar refractivity (Wildman–Crippen MR) is 109 cm³/mol. The number of alkyl halides is 2. The first-order valence-corrected chi connectivity index (χ1v) is 8.17. The molecule has 0 aliphatic rings. The number of benzene rings is 1. The second kappa shape index (κ2) is 11.9. The van der Waals surface area contributed by atoms with Gasteiger partial charge in [0, 0.05) is 12.1 Å². The molecule has 0 heterocycles. The van der Waals surface area contributed by atoms with Crippen molar-refractivity contribution >= 4 is 35.8 Å². The third-order valence-electron chi connectivity index (χ3n) is 2.96. The summed E-state index contributed by atoms with van der Waals surface area (Å²) in [6.07, 6.45) is 0. The van der Waals surface area contributed by atoms with E-state index in [1.54, 1.807) is 0 Å². The number of carbonyl (C=O) groups is 1. The van der Waals surface area contributed by atoms with Gasteiger partial charge in [-0.15, -0.1) is 24.0 Å². The number of rotatable bonds is 7. The lowest BCUT2D eigenvalue weighted by molar-refractivity contribution is -0.121. The van der Waals surface area contributed by atoms with Crippen LogP contribution in [-0.4, -0.2) is 37.1 Å². The summed E-state index contributed by atoms with van der Waals surface area (Å²) in [6.45, 7) is 4.55. The lowest BCUT2D eigenvalue weighted by atomic mass is 10.1. The normalized spacial score (nSPS) is 11.6. The summed E-state index contributed by atoms with van der Waals surface area (Å²) < 4.78 is 43.2. The largest absolute Gasteiger partial charge is 0.434 e. The molecule has 1 rings (SSSR count). The van der Waals surface area contributed by atoms with Crippen molar-refractivity contribution in [1.29, 1.82) is 0 Å². The topological polar surface area (TPSA) is 74.8 Å². The number of hydrogen-bond acceptors (Lipinski definition) is 3. The minimum absolute atomic E-state index is 0. The van der Waals surface area contributed by atoms with Crippen molar-refractivity contribution in [3.8, 4) is 5.75 Å². The van der Waals surface area contributed by atoms with Gasteiger partial charge in [-0.25, -0.2) is 9.38 Å². The van der Waals surface area contributed by atoms with Gasteiger partial charge < -0.3 is 20.7 Å². The van der Waals surface area contributed by atoms with E-state index in [1.165, 1.54) is 12.1 Å². The highest BCUT2D eigenvalue weighted by molar-refractivity contribution is 14.0. The molecule has 1 aromatic carbocycles. The van der Waals surface area contributed by atoms with Crippen LogP contribution in [0.1, 0.15) is 33.3 Å². The van der Waals surface area contributed by atoms with Gasteiger partial charge >= 0.3 is 6.61 Å². The van der Waals surface area contributed by atoms with E-state index < -0.39 is 12.4 Å². The lowest BCUT2D eigenvalue weighted by Crippen LogP contribution is -2.48. The van der Waals surface area contributed by atoms with Crippen molar-refractivity contribution < 1.29 is 22.7 Å². The van der Waals surface area contributed by atoms with Gasteiger partial charge in [0.2, 0.25) is 5.91 Å². The zero-order valence-corrected chi connectivity index (χ0v) is 18.1. The first kappa shape index (κ1) is 25.3. The van der Waals surface area contributed by atoms with Crippen molar-refractivity contribution in [2.45, 2.75) is 46.4 Å². The number of carbonyl (C=O) groups excluding carboxylic acids is 1. The second-order valence-corrected chi connectivity index (χ2v) is 6.44.